The Morgan fingerprint density at radius 2 is 2.07 bits per heavy atom. The van der Waals surface area contributed by atoms with Gasteiger partial charge >= 0.3 is 5.97 Å². The molecule has 0 unspecified atom stereocenters. The van der Waals surface area contributed by atoms with Crippen LogP contribution in [0.4, 0.5) is 0 Å². The monoisotopic (exact) mass is 211 g/mol. The number of methoxy groups -OCH3 is 2. The van der Waals surface area contributed by atoms with Gasteiger partial charge in [-0.15, -0.1) is 0 Å². The Balaban J connectivity index is 2.98. The maximum atomic E-state index is 11.4. The molecular formula is C11H17NO3. The van der Waals surface area contributed by atoms with Crippen molar-refractivity contribution in [3.63, 3.8) is 0 Å². The molecule has 0 aromatic carbocycles. The number of nitrogens with zero attached hydrogens (tertiary/aromatic N) is 1. The maximum Gasteiger partial charge on any atom is 0.339 e. The molecule has 1 aromatic rings. The van der Waals surface area contributed by atoms with E-state index in [1.165, 1.54) is 7.11 Å². The standard InChI is InChI=1S/C11H17NO3/c1-8-7-10(11(13)15-4)9(2)12(8)5-6-14-3/h7H,5-6H2,1-4H3. The lowest BCUT2D eigenvalue weighted by Gasteiger charge is -2.08. The first-order valence-electron chi connectivity index (χ1n) is 4.85. The number of hydrogen-bond donors (Lipinski definition) is 0. The average Bonchev–Trinajstić information content (AvgIpc) is 2.51. The third-order valence-corrected chi connectivity index (χ3v) is 2.50. The van der Waals surface area contributed by atoms with Crippen LogP contribution in [0.15, 0.2) is 6.07 Å². The highest BCUT2D eigenvalue weighted by Crippen LogP contribution is 2.15. The molecule has 1 rings (SSSR count). The molecule has 0 saturated carbocycles. The Morgan fingerprint density at radius 1 is 1.40 bits per heavy atom. The van der Waals surface area contributed by atoms with Crippen molar-refractivity contribution in [2.24, 2.45) is 0 Å². The molecule has 4 heteroatoms. The molecule has 0 radical (unpaired) electrons. The number of rotatable bonds is 4. The van der Waals surface area contributed by atoms with Crippen LogP contribution in [-0.4, -0.2) is 31.4 Å². The van der Waals surface area contributed by atoms with Crippen molar-refractivity contribution < 1.29 is 14.3 Å². The van der Waals surface area contributed by atoms with Gasteiger partial charge in [0.05, 0.1) is 19.3 Å². The second-order valence-corrected chi connectivity index (χ2v) is 3.42. The van der Waals surface area contributed by atoms with Gasteiger partial charge in [0.2, 0.25) is 0 Å². The van der Waals surface area contributed by atoms with Gasteiger partial charge in [0, 0.05) is 25.0 Å². The van der Waals surface area contributed by atoms with E-state index in [4.69, 9.17) is 9.47 Å². The van der Waals surface area contributed by atoms with E-state index in [1.807, 2.05) is 19.9 Å². The first kappa shape index (κ1) is 11.8. The SMILES string of the molecule is COCCn1c(C)cc(C(=O)OC)c1C. The van der Waals surface area contributed by atoms with E-state index in [1.54, 1.807) is 7.11 Å². The Labute approximate surface area is 89.8 Å². The van der Waals surface area contributed by atoms with Gasteiger partial charge in [0.15, 0.2) is 0 Å². The quantitative estimate of drug-likeness (QED) is 0.709. The van der Waals surface area contributed by atoms with Crippen LogP contribution >= 0.6 is 0 Å². The normalized spacial score (nSPS) is 10.4. The van der Waals surface area contributed by atoms with E-state index in [0.717, 1.165) is 17.9 Å². The number of carbonyl (C=O) groups is 1. The number of carbonyl (C=O) groups excluding carboxylic acids is 1. The maximum absolute atomic E-state index is 11.4. The zero-order valence-corrected chi connectivity index (χ0v) is 9.66. The molecule has 0 N–H and O–H groups in total. The van der Waals surface area contributed by atoms with Crippen LogP contribution in [0.1, 0.15) is 21.7 Å². The molecule has 4 nitrogen and oxygen atoms in total. The largest absolute Gasteiger partial charge is 0.465 e. The fourth-order valence-electron chi connectivity index (χ4n) is 1.64. The molecule has 0 aliphatic rings. The Hall–Kier alpha value is -1.29. The Kier molecular flexibility index (Phi) is 3.91. The van der Waals surface area contributed by atoms with Crippen LogP contribution in [0.5, 0.6) is 0 Å². The van der Waals surface area contributed by atoms with E-state index in [0.29, 0.717) is 12.2 Å². The molecule has 0 atom stereocenters. The van der Waals surface area contributed by atoms with Gasteiger partial charge in [-0.2, -0.15) is 0 Å². The Morgan fingerprint density at radius 3 is 2.60 bits per heavy atom. The molecule has 1 aromatic heterocycles. The molecule has 0 spiro atoms. The van der Waals surface area contributed by atoms with Crippen LogP contribution in [0.25, 0.3) is 0 Å². The molecule has 15 heavy (non-hydrogen) atoms. The van der Waals surface area contributed by atoms with Crippen LogP contribution < -0.4 is 0 Å². The lowest BCUT2D eigenvalue weighted by Crippen LogP contribution is -2.09. The van der Waals surface area contributed by atoms with Crippen molar-refractivity contribution in [2.75, 3.05) is 20.8 Å². The predicted molar refractivity (Wildman–Crippen MR) is 57.1 cm³/mol. The van der Waals surface area contributed by atoms with Gasteiger partial charge in [0.25, 0.3) is 0 Å². The van der Waals surface area contributed by atoms with Gasteiger partial charge in [-0.05, 0) is 19.9 Å². The summed E-state index contributed by atoms with van der Waals surface area (Å²) in [6.07, 6.45) is 0. The van der Waals surface area contributed by atoms with Gasteiger partial charge in [0.1, 0.15) is 0 Å². The first-order chi connectivity index (χ1) is 7.11. The summed E-state index contributed by atoms with van der Waals surface area (Å²) in [6.45, 7) is 5.27. The molecule has 0 aliphatic heterocycles. The zero-order valence-electron chi connectivity index (χ0n) is 9.66. The minimum Gasteiger partial charge on any atom is -0.465 e. The highest BCUT2D eigenvalue weighted by Gasteiger charge is 2.15. The van der Waals surface area contributed by atoms with Crippen LogP contribution in [0.3, 0.4) is 0 Å². The van der Waals surface area contributed by atoms with Crippen molar-refractivity contribution >= 4 is 5.97 Å². The summed E-state index contributed by atoms with van der Waals surface area (Å²) in [7, 11) is 3.05. The molecule has 0 bridgehead atoms. The second kappa shape index (κ2) is 4.98. The van der Waals surface area contributed by atoms with Gasteiger partial charge < -0.3 is 14.0 Å². The van der Waals surface area contributed by atoms with Crippen molar-refractivity contribution in [2.45, 2.75) is 20.4 Å². The third-order valence-electron chi connectivity index (χ3n) is 2.50. The number of aryl methyl sites for hydroxylation is 1. The van der Waals surface area contributed by atoms with Crippen molar-refractivity contribution in [1.82, 2.24) is 4.57 Å². The fourth-order valence-corrected chi connectivity index (χ4v) is 1.64. The molecule has 0 amide bonds. The summed E-state index contributed by atoms with van der Waals surface area (Å²) in [6, 6.07) is 1.84. The molecule has 0 fully saturated rings. The van der Waals surface area contributed by atoms with E-state index in [2.05, 4.69) is 4.57 Å². The van der Waals surface area contributed by atoms with Crippen molar-refractivity contribution in [3.8, 4) is 0 Å². The molecule has 84 valence electrons. The smallest absolute Gasteiger partial charge is 0.339 e. The lowest BCUT2D eigenvalue weighted by atomic mass is 10.2. The summed E-state index contributed by atoms with van der Waals surface area (Å²) in [4.78, 5) is 11.4. The molecule has 1 heterocycles. The Bertz CT molecular complexity index is 355. The van der Waals surface area contributed by atoms with Crippen LogP contribution in [0.2, 0.25) is 0 Å². The number of ether oxygens (including phenoxy) is 2. The van der Waals surface area contributed by atoms with Crippen LogP contribution in [0, 0.1) is 13.8 Å². The van der Waals surface area contributed by atoms with Crippen molar-refractivity contribution in [3.05, 3.63) is 23.0 Å². The first-order valence-corrected chi connectivity index (χ1v) is 4.85. The highest BCUT2D eigenvalue weighted by molar-refractivity contribution is 5.91. The summed E-state index contributed by atoms with van der Waals surface area (Å²) in [5, 5.41) is 0. The number of aromatic nitrogens is 1. The minimum atomic E-state index is -0.285. The summed E-state index contributed by atoms with van der Waals surface area (Å²) in [5.74, 6) is -0.285. The van der Waals surface area contributed by atoms with Gasteiger partial charge in [-0.1, -0.05) is 0 Å². The van der Waals surface area contributed by atoms with Crippen molar-refractivity contribution in [1.29, 1.82) is 0 Å². The number of esters is 1. The van der Waals surface area contributed by atoms with Gasteiger partial charge in [-0.3, -0.25) is 0 Å². The fraction of sp³-hybridized carbons (Fsp3) is 0.545. The zero-order chi connectivity index (χ0) is 11.4. The summed E-state index contributed by atoms with van der Waals surface area (Å²) in [5.41, 5.74) is 2.60. The molecule has 0 aliphatic carbocycles. The molecular weight excluding hydrogens is 194 g/mol. The topological polar surface area (TPSA) is 40.5 Å². The lowest BCUT2D eigenvalue weighted by molar-refractivity contribution is 0.0599. The summed E-state index contributed by atoms with van der Waals surface area (Å²) >= 11 is 0. The van der Waals surface area contributed by atoms with Gasteiger partial charge in [-0.25, -0.2) is 4.79 Å². The highest BCUT2D eigenvalue weighted by atomic mass is 16.5. The van der Waals surface area contributed by atoms with E-state index < -0.39 is 0 Å². The van der Waals surface area contributed by atoms with E-state index in [-0.39, 0.29) is 5.97 Å². The average molecular weight is 211 g/mol. The minimum absolute atomic E-state index is 0.285. The second-order valence-electron chi connectivity index (χ2n) is 3.42. The van der Waals surface area contributed by atoms with E-state index >= 15 is 0 Å². The van der Waals surface area contributed by atoms with E-state index in [9.17, 15) is 4.79 Å². The third kappa shape index (κ3) is 2.39. The number of hydrogen-bond acceptors (Lipinski definition) is 3. The molecule has 0 saturated heterocycles. The summed E-state index contributed by atoms with van der Waals surface area (Å²) < 4.78 is 11.8. The predicted octanol–water partition coefficient (Wildman–Crippen LogP) is 1.54. The van der Waals surface area contributed by atoms with Crippen LogP contribution in [-0.2, 0) is 16.0 Å².